The second kappa shape index (κ2) is 30.2. The molecule has 38 heavy (non-hydrogen) atoms. The molecule has 0 aromatic carbocycles. The largest absolute Gasteiger partial charge is 0.481 e. The molecule has 0 aliphatic carbocycles. The van der Waals surface area contributed by atoms with Gasteiger partial charge in [-0.2, -0.15) is 0 Å². The minimum absolute atomic E-state index is 0.00734. The number of hydrogen-bond acceptors (Lipinski definition) is 3. The Hall–Kier alpha value is -1.32. The fourth-order valence-electron chi connectivity index (χ4n) is 5.14. The predicted molar refractivity (Wildman–Crippen MR) is 163 cm³/mol. The average molecular weight is 537 g/mol. The lowest BCUT2D eigenvalue weighted by molar-refractivity contribution is -0.151. The van der Waals surface area contributed by atoms with E-state index in [1.807, 2.05) is 6.92 Å². The fourth-order valence-corrected chi connectivity index (χ4v) is 5.14. The van der Waals surface area contributed by atoms with E-state index in [0.29, 0.717) is 13.0 Å². The molecule has 1 unspecified atom stereocenters. The second-order valence-corrected chi connectivity index (χ2v) is 11.4. The molecule has 0 aliphatic rings. The summed E-state index contributed by atoms with van der Waals surface area (Å²) in [6.45, 7) is 4.42. The van der Waals surface area contributed by atoms with Crippen LogP contribution in [0.1, 0.15) is 181 Å². The number of ether oxygens (including phenoxy) is 1. The van der Waals surface area contributed by atoms with Crippen LogP contribution in [0, 0.1) is 5.92 Å². The molecule has 0 fully saturated rings. The monoisotopic (exact) mass is 536 g/mol. The standard InChI is InChI=1S/C34H64O4/c1-3-5-6-7-8-9-10-11-12-13-14-15-16-17-18-19-20-21-22-23-24-25-26-27-28-29-32(34(36)37)31-33(35)38-30-4-2/h3,5,32H,4,6-31H2,1-2H3,(H,36,37)/b5-3+. The molecule has 1 atom stereocenters. The van der Waals surface area contributed by atoms with E-state index in [9.17, 15) is 14.7 Å². The Morgan fingerprint density at radius 2 is 1.00 bits per heavy atom. The summed E-state index contributed by atoms with van der Waals surface area (Å²) >= 11 is 0. The Morgan fingerprint density at radius 3 is 1.34 bits per heavy atom. The smallest absolute Gasteiger partial charge is 0.307 e. The third kappa shape index (κ3) is 27.7. The number of carboxylic acid groups (broad SMARTS) is 1. The zero-order valence-electron chi connectivity index (χ0n) is 25.5. The molecule has 0 saturated heterocycles. The van der Waals surface area contributed by atoms with E-state index >= 15 is 0 Å². The highest BCUT2D eigenvalue weighted by Crippen LogP contribution is 2.18. The summed E-state index contributed by atoms with van der Waals surface area (Å²) in [4.78, 5) is 23.0. The molecule has 0 aromatic heterocycles. The van der Waals surface area contributed by atoms with E-state index in [2.05, 4.69) is 19.1 Å². The van der Waals surface area contributed by atoms with Crippen molar-refractivity contribution in [3.63, 3.8) is 0 Å². The van der Waals surface area contributed by atoms with E-state index < -0.39 is 11.9 Å². The molecule has 0 heterocycles. The Kier molecular flexibility index (Phi) is 29.2. The van der Waals surface area contributed by atoms with Crippen molar-refractivity contribution in [2.75, 3.05) is 6.61 Å². The van der Waals surface area contributed by atoms with E-state index in [0.717, 1.165) is 19.3 Å². The van der Waals surface area contributed by atoms with Crippen molar-refractivity contribution in [2.24, 2.45) is 5.92 Å². The predicted octanol–water partition coefficient (Wildman–Crippen LogP) is 11.0. The summed E-state index contributed by atoms with van der Waals surface area (Å²) in [5, 5.41) is 9.33. The number of esters is 1. The molecular formula is C34H64O4. The van der Waals surface area contributed by atoms with Crippen LogP contribution in [-0.2, 0) is 14.3 Å². The van der Waals surface area contributed by atoms with Gasteiger partial charge < -0.3 is 9.84 Å². The van der Waals surface area contributed by atoms with Crippen molar-refractivity contribution >= 4 is 11.9 Å². The first-order chi connectivity index (χ1) is 18.6. The number of carboxylic acids is 1. The fraction of sp³-hybridized carbons (Fsp3) is 0.882. The number of hydrogen-bond donors (Lipinski definition) is 1. The summed E-state index contributed by atoms with van der Waals surface area (Å²) in [6.07, 6.45) is 36.7. The van der Waals surface area contributed by atoms with Gasteiger partial charge in [-0.3, -0.25) is 9.59 Å². The molecule has 4 nitrogen and oxygen atoms in total. The summed E-state index contributed by atoms with van der Waals surface area (Å²) in [5.41, 5.74) is 0. The van der Waals surface area contributed by atoms with Gasteiger partial charge >= 0.3 is 11.9 Å². The van der Waals surface area contributed by atoms with Crippen LogP contribution in [0.15, 0.2) is 12.2 Å². The number of aliphatic carboxylic acids is 1. The maximum absolute atomic E-state index is 11.7. The first-order valence-corrected chi connectivity index (χ1v) is 16.6. The Bertz CT molecular complexity index is 543. The lowest BCUT2D eigenvalue weighted by atomic mass is 9.97. The number of allylic oxidation sites excluding steroid dienone is 2. The molecule has 0 aromatic rings. The quantitative estimate of drug-likeness (QED) is 0.0563. The van der Waals surface area contributed by atoms with Crippen LogP contribution in [0.2, 0.25) is 0 Å². The van der Waals surface area contributed by atoms with Gasteiger partial charge in [-0.25, -0.2) is 0 Å². The van der Waals surface area contributed by atoms with Gasteiger partial charge in [0.05, 0.1) is 18.9 Å². The van der Waals surface area contributed by atoms with Gasteiger partial charge in [0.2, 0.25) is 0 Å². The molecule has 1 N–H and O–H groups in total. The Morgan fingerprint density at radius 1 is 0.632 bits per heavy atom. The normalized spacial score (nSPS) is 12.3. The Balaban J connectivity index is 3.28. The molecule has 0 bridgehead atoms. The van der Waals surface area contributed by atoms with Gasteiger partial charge in [-0.1, -0.05) is 154 Å². The van der Waals surface area contributed by atoms with Crippen molar-refractivity contribution in [3.05, 3.63) is 12.2 Å². The number of carbonyl (C=O) groups is 2. The maximum Gasteiger partial charge on any atom is 0.307 e. The summed E-state index contributed by atoms with van der Waals surface area (Å²) < 4.78 is 5.03. The highest BCUT2D eigenvalue weighted by molar-refractivity contribution is 5.78. The van der Waals surface area contributed by atoms with Crippen molar-refractivity contribution in [3.8, 4) is 0 Å². The molecule has 0 amide bonds. The molecule has 0 spiro atoms. The zero-order chi connectivity index (χ0) is 27.9. The first-order valence-electron chi connectivity index (χ1n) is 16.6. The number of unbranched alkanes of at least 4 members (excludes halogenated alkanes) is 22. The molecule has 0 rings (SSSR count). The Labute approximate surface area is 236 Å². The summed E-state index contributed by atoms with van der Waals surface area (Å²) in [5.74, 6) is -1.85. The topological polar surface area (TPSA) is 63.6 Å². The average Bonchev–Trinajstić information content (AvgIpc) is 2.91. The van der Waals surface area contributed by atoms with Crippen LogP contribution in [0.3, 0.4) is 0 Å². The molecule has 224 valence electrons. The van der Waals surface area contributed by atoms with E-state index in [1.165, 1.54) is 135 Å². The van der Waals surface area contributed by atoms with Crippen LogP contribution < -0.4 is 0 Å². The van der Waals surface area contributed by atoms with Crippen LogP contribution in [0.25, 0.3) is 0 Å². The van der Waals surface area contributed by atoms with Gasteiger partial charge in [-0.05, 0) is 32.6 Å². The van der Waals surface area contributed by atoms with Crippen LogP contribution >= 0.6 is 0 Å². The highest BCUT2D eigenvalue weighted by atomic mass is 16.5. The van der Waals surface area contributed by atoms with E-state index in [-0.39, 0.29) is 12.4 Å². The van der Waals surface area contributed by atoms with Crippen LogP contribution in [0.5, 0.6) is 0 Å². The van der Waals surface area contributed by atoms with Gasteiger partial charge in [0.1, 0.15) is 0 Å². The number of carbonyl (C=O) groups excluding carboxylic acids is 1. The minimum atomic E-state index is -0.874. The SMILES string of the molecule is C/C=C/CCCCCCCCCCCCCCCCCCCCCCCCC(CC(=O)OCCC)C(=O)O. The van der Waals surface area contributed by atoms with Crippen molar-refractivity contribution in [2.45, 2.75) is 181 Å². The lowest BCUT2D eigenvalue weighted by Crippen LogP contribution is -2.19. The molecule has 0 aliphatic heterocycles. The number of rotatable bonds is 30. The van der Waals surface area contributed by atoms with Crippen LogP contribution in [0.4, 0.5) is 0 Å². The molecule has 0 radical (unpaired) electrons. The zero-order valence-corrected chi connectivity index (χ0v) is 25.5. The van der Waals surface area contributed by atoms with E-state index in [4.69, 9.17) is 4.74 Å². The third-order valence-corrected chi connectivity index (χ3v) is 7.64. The molecular weight excluding hydrogens is 472 g/mol. The molecule has 4 heteroatoms. The van der Waals surface area contributed by atoms with Gasteiger partial charge in [0, 0.05) is 0 Å². The van der Waals surface area contributed by atoms with E-state index in [1.54, 1.807) is 0 Å². The van der Waals surface area contributed by atoms with Gasteiger partial charge in [-0.15, -0.1) is 0 Å². The summed E-state index contributed by atoms with van der Waals surface area (Å²) in [6, 6.07) is 0. The lowest BCUT2D eigenvalue weighted by Gasteiger charge is -2.11. The van der Waals surface area contributed by atoms with Crippen molar-refractivity contribution < 1.29 is 19.4 Å². The minimum Gasteiger partial charge on any atom is -0.481 e. The van der Waals surface area contributed by atoms with Crippen molar-refractivity contribution in [1.82, 2.24) is 0 Å². The van der Waals surface area contributed by atoms with Gasteiger partial charge in [0.25, 0.3) is 0 Å². The first kappa shape index (κ1) is 36.7. The maximum atomic E-state index is 11.7. The van der Waals surface area contributed by atoms with Crippen molar-refractivity contribution in [1.29, 1.82) is 0 Å². The van der Waals surface area contributed by atoms with Crippen LogP contribution in [-0.4, -0.2) is 23.7 Å². The third-order valence-electron chi connectivity index (χ3n) is 7.64. The highest BCUT2D eigenvalue weighted by Gasteiger charge is 2.21. The van der Waals surface area contributed by atoms with Gasteiger partial charge in [0.15, 0.2) is 0 Å². The second-order valence-electron chi connectivity index (χ2n) is 11.4. The summed E-state index contributed by atoms with van der Waals surface area (Å²) in [7, 11) is 0. The molecule has 0 saturated carbocycles.